The van der Waals surface area contributed by atoms with E-state index in [2.05, 4.69) is 57.4 Å². The molecule has 166 valence electrons. The molecule has 33 heavy (non-hydrogen) atoms. The fourth-order valence-electron chi connectivity index (χ4n) is 3.23. The number of nitrogens with zero attached hydrogens (tertiary/aromatic N) is 3. The summed E-state index contributed by atoms with van der Waals surface area (Å²) in [5.41, 5.74) is 7.58. The van der Waals surface area contributed by atoms with Crippen LogP contribution < -0.4 is 5.32 Å². The monoisotopic (exact) mass is 518 g/mol. The predicted molar refractivity (Wildman–Crippen MR) is 138 cm³/mol. The van der Waals surface area contributed by atoms with Crippen molar-refractivity contribution >= 4 is 39.3 Å². The Kier molecular flexibility index (Phi) is 7.20. The molecule has 0 radical (unpaired) electrons. The summed E-state index contributed by atoms with van der Waals surface area (Å²) in [7, 11) is 0. The van der Waals surface area contributed by atoms with E-state index in [1.807, 2.05) is 61.5 Å². The van der Waals surface area contributed by atoms with Crippen LogP contribution in [-0.4, -0.2) is 26.8 Å². The van der Waals surface area contributed by atoms with Crippen LogP contribution in [0.15, 0.2) is 76.4 Å². The van der Waals surface area contributed by atoms with Gasteiger partial charge in [0.25, 0.3) is 0 Å². The number of carbonyl (C=O) groups excluding carboxylic acids is 1. The average molecular weight is 519 g/mol. The van der Waals surface area contributed by atoms with Crippen LogP contribution >= 0.6 is 27.7 Å². The number of benzene rings is 3. The van der Waals surface area contributed by atoms with Crippen molar-refractivity contribution in [3.63, 3.8) is 0 Å². The molecule has 0 bridgehead atoms. The molecule has 0 saturated heterocycles. The number of aromatic nitrogens is 3. The van der Waals surface area contributed by atoms with Crippen LogP contribution in [0.2, 0.25) is 0 Å². The minimum atomic E-state index is -0.132. The zero-order valence-corrected chi connectivity index (χ0v) is 21.0. The Labute approximate surface area is 206 Å². The Morgan fingerprint density at radius 3 is 2.00 bits per heavy atom. The molecule has 1 amide bonds. The zero-order valence-electron chi connectivity index (χ0n) is 18.6. The quantitative estimate of drug-likeness (QED) is 0.290. The molecule has 1 N–H and O–H groups in total. The van der Waals surface area contributed by atoms with Gasteiger partial charge in [-0.3, -0.25) is 4.79 Å². The maximum absolute atomic E-state index is 12.5. The molecule has 0 spiro atoms. The smallest absolute Gasteiger partial charge is 0.234 e. The van der Waals surface area contributed by atoms with E-state index in [9.17, 15) is 4.79 Å². The summed E-state index contributed by atoms with van der Waals surface area (Å²) in [6.07, 6.45) is 0. The molecule has 0 aliphatic rings. The highest BCUT2D eigenvalue weighted by Crippen LogP contribution is 2.30. The van der Waals surface area contributed by atoms with Gasteiger partial charge >= 0.3 is 0 Å². The Balaban J connectivity index is 1.57. The summed E-state index contributed by atoms with van der Waals surface area (Å²) in [4.78, 5) is 17.3. The molecular weight excluding hydrogens is 496 g/mol. The van der Waals surface area contributed by atoms with Gasteiger partial charge in [0.1, 0.15) is 11.4 Å². The van der Waals surface area contributed by atoms with E-state index in [-0.39, 0.29) is 11.7 Å². The third-order valence-electron chi connectivity index (χ3n) is 5.05. The number of amides is 1. The Hall–Kier alpha value is -3.03. The van der Waals surface area contributed by atoms with E-state index >= 15 is 0 Å². The van der Waals surface area contributed by atoms with Crippen molar-refractivity contribution in [2.45, 2.75) is 25.9 Å². The summed E-state index contributed by atoms with van der Waals surface area (Å²) < 4.78 is 0.850. The minimum absolute atomic E-state index is 0.132. The number of thioether (sulfide) groups is 1. The lowest BCUT2D eigenvalue weighted by Crippen LogP contribution is -2.15. The van der Waals surface area contributed by atoms with Gasteiger partial charge in [-0.15, -0.1) is 10.2 Å². The molecular formula is C26H23BrN4OS. The highest BCUT2D eigenvalue weighted by Gasteiger charge is 2.15. The van der Waals surface area contributed by atoms with E-state index in [1.165, 1.54) is 22.9 Å². The molecule has 3 aromatic carbocycles. The Morgan fingerprint density at radius 1 is 0.818 bits per heavy atom. The zero-order chi connectivity index (χ0) is 23.4. The van der Waals surface area contributed by atoms with E-state index in [1.54, 1.807) is 0 Å². The van der Waals surface area contributed by atoms with Crippen LogP contribution in [0.5, 0.6) is 0 Å². The molecule has 0 saturated carbocycles. The molecule has 4 aromatic rings. The van der Waals surface area contributed by atoms with E-state index in [4.69, 9.17) is 4.98 Å². The SMILES string of the molecule is Cc1ccc(-c2nnc(SCC(=O)Nc3ccc(C)cc3Br)nc2-c2ccc(C)cc2)cc1. The first-order valence-electron chi connectivity index (χ1n) is 10.5. The molecule has 0 fully saturated rings. The Bertz CT molecular complexity index is 1290. The first-order valence-corrected chi connectivity index (χ1v) is 12.2. The lowest BCUT2D eigenvalue weighted by Gasteiger charge is -2.11. The summed E-state index contributed by atoms with van der Waals surface area (Å²) in [5.74, 6) is 0.0480. The van der Waals surface area contributed by atoms with Gasteiger partial charge in [0, 0.05) is 15.6 Å². The van der Waals surface area contributed by atoms with Crippen LogP contribution in [0.4, 0.5) is 5.69 Å². The number of halogens is 1. The lowest BCUT2D eigenvalue weighted by atomic mass is 10.0. The van der Waals surface area contributed by atoms with Crippen molar-refractivity contribution in [3.8, 4) is 22.5 Å². The number of nitrogens with one attached hydrogen (secondary N) is 1. The molecule has 5 nitrogen and oxygen atoms in total. The van der Waals surface area contributed by atoms with Crippen molar-refractivity contribution in [1.29, 1.82) is 0 Å². The van der Waals surface area contributed by atoms with Crippen LogP contribution in [0, 0.1) is 20.8 Å². The largest absolute Gasteiger partial charge is 0.324 e. The maximum Gasteiger partial charge on any atom is 0.234 e. The van der Waals surface area contributed by atoms with Gasteiger partial charge in [-0.05, 0) is 54.4 Å². The third kappa shape index (κ3) is 5.86. The fraction of sp³-hybridized carbons (Fsp3) is 0.154. The Morgan fingerprint density at radius 2 is 1.39 bits per heavy atom. The normalized spacial score (nSPS) is 10.8. The van der Waals surface area contributed by atoms with E-state index in [0.717, 1.165) is 38.2 Å². The van der Waals surface area contributed by atoms with Gasteiger partial charge in [0.05, 0.1) is 11.4 Å². The highest BCUT2D eigenvalue weighted by atomic mass is 79.9. The number of aryl methyl sites for hydroxylation is 3. The summed E-state index contributed by atoms with van der Waals surface area (Å²) in [5, 5.41) is 12.2. The molecule has 7 heteroatoms. The molecule has 0 aliphatic heterocycles. The second-order valence-electron chi connectivity index (χ2n) is 7.84. The van der Waals surface area contributed by atoms with Gasteiger partial charge in [-0.1, -0.05) is 77.5 Å². The van der Waals surface area contributed by atoms with Gasteiger partial charge in [-0.25, -0.2) is 4.98 Å². The molecule has 0 unspecified atom stereocenters. The van der Waals surface area contributed by atoms with Crippen molar-refractivity contribution in [2.75, 3.05) is 11.1 Å². The summed E-state index contributed by atoms with van der Waals surface area (Å²) >= 11 is 4.75. The van der Waals surface area contributed by atoms with Crippen molar-refractivity contribution in [2.24, 2.45) is 0 Å². The standard InChI is InChI=1S/C26H23BrN4OS/c1-16-4-9-19(10-5-16)24-25(20-11-6-17(2)7-12-20)30-31-26(29-24)33-15-23(32)28-22-13-8-18(3)14-21(22)27/h4-14H,15H2,1-3H3,(H,28,32). The van der Waals surface area contributed by atoms with E-state index < -0.39 is 0 Å². The van der Waals surface area contributed by atoms with Crippen LogP contribution in [0.25, 0.3) is 22.5 Å². The number of rotatable bonds is 6. The number of hydrogen-bond acceptors (Lipinski definition) is 5. The van der Waals surface area contributed by atoms with Gasteiger partial charge in [0.15, 0.2) is 0 Å². The summed E-state index contributed by atoms with van der Waals surface area (Å²) in [6, 6.07) is 22.1. The third-order valence-corrected chi connectivity index (χ3v) is 6.54. The van der Waals surface area contributed by atoms with Crippen LogP contribution in [-0.2, 0) is 4.79 Å². The first kappa shape index (κ1) is 23.1. The lowest BCUT2D eigenvalue weighted by molar-refractivity contribution is -0.113. The van der Waals surface area contributed by atoms with Crippen LogP contribution in [0.3, 0.4) is 0 Å². The minimum Gasteiger partial charge on any atom is -0.324 e. The maximum atomic E-state index is 12.5. The highest BCUT2D eigenvalue weighted by molar-refractivity contribution is 9.10. The van der Waals surface area contributed by atoms with Crippen molar-refractivity contribution in [3.05, 3.63) is 87.9 Å². The number of carbonyl (C=O) groups is 1. The fourth-order valence-corrected chi connectivity index (χ4v) is 4.41. The molecule has 4 rings (SSSR count). The molecule has 1 aromatic heterocycles. The van der Waals surface area contributed by atoms with Crippen molar-refractivity contribution in [1.82, 2.24) is 15.2 Å². The van der Waals surface area contributed by atoms with E-state index in [0.29, 0.717) is 5.16 Å². The molecule has 1 heterocycles. The molecule has 0 atom stereocenters. The summed E-state index contributed by atoms with van der Waals surface area (Å²) in [6.45, 7) is 6.10. The molecule has 0 aliphatic carbocycles. The number of anilines is 1. The van der Waals surface area contributed by atoms with Crippen molar-refractivity contribution < 1.29 is 4.79 Å². The van der Waals surface area contributed by atoms with Gasteiger partial charge < -0.3 is 5.32 Å². The number of hydrogen-bond donors (Lipinski definition) is 1. The predicted octanol–water partition coefficient (Wildman–Crippen LogP) is 6.62. The first-order chi connectivity index (χ1) is 15.9. The van der Waals surface area contributed by atoms with Gasteiger partial charge in [-0.2, -0.15) is 0 Å². The van der Waals surface area contributed by atoms with Crippen LogP contribution in [0.1, 0.15) is 16.7 Å². The second-order valence-corrected chi connectivity index (χ2v) is 9.64. The second kappa shape index (κ2) is 10.3. The average Bonchev–Trinajstić information content (AvgIpc) is 2.80. The topological polar surface area (TPSA) is 67.8 Å². The van der Waals surface area contributed by atoms with Gasteiger partial charge in [0.2, 0.25) is 11.1 Å².